The van der Waals surface area contributed by atoms with Crippen LogP contribution in [0.3, 0.4) is 0 Å². The molecule has 2 heteroatoms. The van der Waals surface area contributed by atoms with Gasteiger partial charge in [0.2, 0.25) is 0 Å². The second-order valence-corrected chi connectivity index (χ2v) is 12.7. The molecule has 0 radical (unpaired) electrons. The van der Waals surface area contributed by atoms with Crippen molar-refractivity contribution in [3.8, 4) is 0 Å². The summed E-state index contributed by atoms with van der Waals surface area (Å²) in [5.74, 6) is 0. The van der Waals surface area contributed by atoms with Crippen LogP contribution in [0.4, 0.5) is 34.1 Å². The standard InChI is InChI=1S/C50H38N2/c1-5-13-39(14-6-1)21-23-41-25-31-47(32-26-41)51(45-17-9-3-10-18-45)49-35-29-44-38-50(36-30-43(44)37-49)52(46-19-11-4-12-20-46)48-33-27-42(28-34-48)24-22-40-15-7-2-8-16-40/h1-38H. The predicted molar refractivity (Wildman–Crippen MR) is 224 cm³/mol. The first-order valence-corrected chi connectivity index (χ1v) is 17.7. The molecule has 0 saturated carbocycles. The number of benzene rings is 8. The Morgan fingerprint density at radius 1 is 0.231 bits per heavy atom. The van der Waals surface area contributed by atoms with Crippen LogP contribution in [0.15, 0.2) is 206 Å². The Labute approximate surface area is 306 Å². The number of para-hydroxylation sites is 2. The molecule has 0 spiro atoms. The Morgan fingerprint density at radius 3 is 0.846 bits per heavy atom. The first-order chi connectivity index (χ1) is 25.8. The zero-order chi connectivity index (χ0) is 35.0. The molecule has 8 rings (SSSR count). The van der Waals surface area contributed by atoms with Gasteiger partial charge in [0.1, 0.15) is 0 Å². The third-order valence-electron chi connectivity index (χ3n) is 9.19. The van der Waals surface area contributed by atoms with Crippen molar-refractivity contribution in [1.82, 2.24) is 0 Å². The van der Waals surface area contributed by atoms with Gasteiger partial charge < -0.3 is 9.80 Å². The lowest BCUT2D eigenvalue weighted by Gasteiger charge is -2.27. The molecule has 0 N–H and O–H groups in total. The molecule has 0 aliphatic carbocycles. The van der Waals surface area contributed by atoms with Crippen molar-refractivity contribution in [2.24, 2.45) is 0 Å². The average molecular weight is 667 g/mol. The van der Waals surface area contributed by atoms with E-state index in [1.54, 1.807) is 0 Å². The summed E-state index contributed by atoms with van der Waals surface area (Å²) >= 11 is 0. The minimum Gasteiger partial charge on any atom is -0.310 e. The van der Waals surface area contributed by atoms with E-state index in [9.17, 15) is 0 Å². The average Bonchev–Trinajstić information content (AvgIpc) is 3.22. The number of rotatable bonds is 10. The Balaban J connectivity index is 1.11. The Bertz CT molecular complexity index is 2240. The summed E-state index contributed by atoms with van der Waals surface area (Å²) in [6, 6.07) is 73.0. The zero-order valence-electron chi connectivity index (χ0n) is 28.8. The number of hydrogen-bond acceptors (Lipinski definition) is 2. The molecule has 0 aliphatic rings. The fourth-order valence-corrected chi connectivity index (χ4v) is 6.53. The first-order valence-electron chi connectivity index (χ1n) is 17.7. The predicted octanol–water partition coefficient (Wildman–Crippen LogP) is 14.1. The van der Waals surface area contributed by atoms with E-state index in [0.717, 1.165) is 45.3 Å². The van der Waals surface area contributed by atoms with E-state index in [-0.39, 0.29) is 0 Å². The van der Waals surface area contributed by atoms with Gasteiger partial charge in [-0.3, -0.25) is 0 Å². The lowest BCUT2D eigenvalue weighted by Crippen LogP contribution is -2.10. The fourth-order valence-electron chi connectivity index (χ4n) is 6.53. The summed E-state index contributed by atoms with van der Waals surface area (Å²) < 4.78 is 0. The van der Waals surface area contributed by atoms with Gasteiger partial charge >= 0.3 is 0 Å². The summed E-state index contributed by atoms with van der Waals surface area (Å²) in [6.07, 6.45) is 8.63. The third kappa shape index (κ3) is 7.47. The summed E-state index contributed by atoms with van der Waals surface area (Å²) in [5.41, 5.74) is 11.4. The lowest BCUT2D eigenvalue weighted by molar-refractivity contribution is 1.28. The molecule has 0 heterocycles. The normalized spacial score (nSPS) is 11.3. The SMILES string of the molecule is C(=Cc1ccc(N(c2ccccc2)c2ccc3cc(N(c4ccccc4)c4ccc(C=Cc5ccccc5)cc4)ccc3c2)cc1)c1ccccc1. The molecule has 0 aliphatic heterocycles. The van der Waals surface area contributed by atoms with Crippen molar-refractivity contribution in [3.05, 3.63) is 229 Å². The van der Waals surface area contributed by atoms with Crippen molar-refractivity contribution in [2.45, 2.75) is 0 Å². The molecule has 52 heavy (non-hydrogen) atoms. The molecule has 0 aromatic heterocycles. The molecule has 2 nitrogen and oxygen atoms in total. The third-order valence-corrected chi connectivity index (χ3v) is 9.19. The van der Waals surface area contributed by atoms with Crippen molar-refractivity contribution in [3.63, 3.8) is 0 Å². The maximum atomic E-state index is 2.32. The first kappa shape index (κ1) is 32.3. The largest absolute Gasteiger partial charge is 0.310 e. The lowest BCUT2D eigenvalue weighted by atomic mass is 10.1. The van der Waals surface area contributed by atoms with Gasteiger partial charge in [0.05, 0.1) is 0 Å². The van der Waals surface area contributed by atoms with Gasteiger partial charge in [-0.2, -0.15) is 0 Å². The summed E-state index contributed by atoms with van der Waals surface area (Å²) in [4.78, 5) is 4.64. The van der Waals surface area contributed by atoms with Crippen LogP contribution in [0.5, 0.6) is 0 Å². The van der Waals surface area contributed by atoms with E-state index in [2.05, 4.69) is 228 Å². The van der Waals surface area contributed by atoms with Crippen LogP contribution in [0.2, 0.25) is 0 Å². The molecule has 8 aromatic carbocycles. The number of anilines is 6. The Kier molecular flexibility index (Phi) is 9.53. The van der Waals surface area contributed by atoms with Crippen LogP contribution < -0.4 is 9.80 Å². The molecule has 8 aromatic rings. The van der Waals surface area contributed by atoms with Gasteiger partial charge in [0, 0.05) is 34.1 Å². The molecular weight excluding hydrogens is 629 g/mol. The maximum Gasteiger partial charge on any atom is 0.0468 e. The topological polar surface area (TPSA) is 6.48 Å². The van der Waals surface area contributed by atoms with Gasteiger partial charge in [-0.25, -0.2) is 0 Å². The van der Waals surface area contributed by atoms with E-state index in [1.807, 2.05) is 12.1 Å². The van der Waals surface area contributed by atoms with E-state index in [4.69, 9.17) is 0 Å². The van der Waals surface area contributed by atoms with Crippen LogP contribution in [0.1, 0.15) is 22.3 Å². The van der Waals surface area contributed by atoms with Gasteiger partial charge in [-0.15, -0.1) is 0 Å². The highest BCUT2D eigenvalue weighted by Crippen LogP contribution is 2.39. The van der Waals surface area contributed by atoms with E-state index in [0.29, 0.717) is 0 Å². The molecular formula is C50H38N2. The van der Waals surface area contributed by atoms with Crippen LogP contribution in [-0.4, -0.2) is 0 Å². The Morgan fingerprint density at radius 2 is 0.500 bits per heavy atom. The molecule has 0 amide bonds. The van der Waals surface area contributed by atoms with E-state index < -0.39 is 0 Å². The highest BCUT2D eigenvalue weighted by atomic mass is 15.1. The van der Waals surface area contributed by atoms with Gasteiger partial charge in [-0.05, 0) is 106 Å². The van der Waals surface area contributed by atoms with Crippen molar-refractivity contribution < 1.29 is 0 Å². The van der Waals surface area contributed by atoms with Crippen LogP contribution in [0.25, 0.3) is 35.1 Å². The van der Waals surface area contributed by atoms with Gasteiger partial charge in [0.25, 0.3) is 0 Å². The second kappa shape index (κ2) is 15.3. The zero-order valence-corrected chi connectivity index (χ0v) is 28.8. The molecule has 0 bridgehead atoms. The maximum absolute atomic E-state index is 2.32. The highest BCUT2D eigenvalue weighted by molar-refractivity contribution is 5.93. The molecule has 0 fully saturated rings. The molecule has 248 valence electrons. The summed E-state index contributed by atoms with van der Waals surface area (Å²) in [5, 5.41) is 2.36. The minimum absolute atomic E-state index is 1.11. The molecule has 0 unspecified atom stereocenters. The monoisotopic (exact) mass is 666 g/mol. The molecule has 0 saturated heterocycles. The number of nitrogens with zero attached hydrogens (tertiary/aromatic N) is 2. The highest BCUT2D eigenvalue weighted by Gasteiger charge is 2.15. The van der Waals surface area contributed by atoms with Crippen LogP contribution in [-0.2, 0) is 0 Å². The summed E-state index contributed by atoms with van der Waals surface area (Å²) in [6.45, 7) is 0. The van der Waals surface area contributed by atoms with E-state index in [1.165, 1.54) is 21.9 Å². The fraction of sp³-hybridized carbons (Fsp3) is 0. The van der Waals surface area contributed by atoms with Crippen molar-refractivity contribution in [2.75, 3.05) is 9.80 Å². The molecule has 0 atom stereocenters. The van der Waals surface area contributed by atoms with E-state index >= 15 is 0 Å². The van der Waals surface area contributed by atoms with Gasteiger partial charge in [-0.1, -0.05) is 158 Å². The Hall–Kier alpha value is -6.90. The van der Waals surface area contributed by atoms with Crippen molar-refractivity contribution >= 4 is 69.2 Å². The number of hydrogen-bond donors (Lipinski definition) is 0. The minimum atomic E-state index is 1.11. The van der Waals surface area contributed by atoms with Crippen molar-refractivity contribution in [1.29, 1.82) is 0 Å². The summed E-state index contributed by atoms with van der Waals surface area (Å²) in [7, 11) is 0. The van der Waals surface area contributed by atoms with Crippen LogP contribution >= 0.6 is 0 Å². The quantitative estimate of drug-likeness (QED) is 0.134. The number of fused-ring (bicyclic) bond motifs is 1. The van der Waals surface area contributed by atoms with Crippen LogP contribution in [0, 0.1) is 0 Å². The smallest absolute Gasteiger partial charge is 0.0468 e. The van der Waals surface area contributed by atoms with Gasteiger partial charge in [0.15, 0.2) is 0 Å². The second-order valence-electron chi connectivity index (χ2n) is 12.7.